The molecule has 0 aliphatic heterocycles. The maximum absolute atomic E-state index is 12.6. The van der Waals surface area contributed by atoms with Gasteiger partial charge in [0, 0.05) is 15.7 Å². The number of hydrogen-bond acceptors (Lipinski definition) is 2. The summed E-state index contributed by atoms with van der Waals surface area (Å²) in [7, 11) is 0. The predicted molar refractivity (Wildman–Crippen MR) is 111 cm³/mol. The Labute approximate surface area is 168 Å². The van der Waals surface area contributed by atoms with Gasteiger partial charge in [-0.05, 0) is 48.4 Å². The molecule has 0 aliphatic rings. The van der Waals surface area contributed by atoms with Gasteiger partial charge in [0.2, 0.25) is 5.91 Å². The highest BCUT2D eigenvalue weighted by molar-refractivity contribution is 6.35. The zero-order valence-electron chi connectivity index (χ0n) is 14.8. The van der Waals surface area contributed by atoms with Crippen molar-refractivity contribution in [2.24, 2.45) is 0 Å². The molecule has 1 atom stereocenters. The molecule has 3 aromatic rings. The fourth-order valence-electron chi connectivity index (χ4n) is 2.64. The molecular formula is C22H19Cl2NO2. The molecule has 5 heteroatoms. The van der Waals surface area contributed by atoms with E-state index in [1.165, 1.54) is 0 Å². The van der Waals surface area contributed by atoms with E-state index in [1.54, 1.807) is 18.2 Å². The van der Waals surface area contributed by atoms with Gasteiger partial charge in [-0.3, -0.25) is 4.79 Å². The minimum absolute atomic E-state index is 0.145. The number of carbonyl (C=O) groups is 1. The van der Waals surface area contributed by atoms with Crippen LogP contribution in [-0.2, 0) is 11.4 Å². The van der Waals surface area contributed by atoms with Crippen molar-refractivity contribution in [1.29, 1.82) is 0 Å². The van der Waals surface area contributed by atoms with Crippen molar-refractivity contribution in [2.45, 2.75) is 19.4 Å². The molecular weight excluding hydrogens is 381 g/mol. The number of anilines is 1. The molecule has 1 N–H and O–H groups in total. The molecule has 3 nitrogen and oxygen atoms in total. The van der Waals surface area contributed by atoms with Crippen molar-refractivity contribution < 1.29 is 9.53 Å². The summed E-state index contributed by atoms with van der Waals surface area (Å²) >= 11 is 12.0. The molecule has 1 unspecified atom stereocenters. The van der Waals surface area contributed by atoms with Crippen LogP contribution < -0.4 is 10.1 Å². The Morgan fingerprint density at radius 3 is 2.37 bits per heavy atom. The van der Waals surface area contributed by atoms with Gasteiger partial charge in [-0.25, -0.2) is 0 Å². The molecule has 0 radical (unpaired) electrons. The number of ether oxygens (including phenoxy) is 1. The molecule has 0 aromatic heterocycles. The van der Waals surface area contributed by atoms with Gasteiger partial charge >= 0.3 is 0 Å². The smallest absolute Gasteiger partial charge is 0.231 e. The van der Waals surface area contributed by atoms with E-state index < -0.39 is 0 Å². The third kappa shape index (κ3) is 5.49. The highest BCUT2D eigenvalue weighted by Crippen LogP contribution is 2.26. The molecule has 0 aliphatic carbocycles. The van der Waals surface area contributed by atoms with Gasteiger partial charge in [0.1, 0.15) is 12.4 Å². The van der Waals surface area contributed by atoms with Crippen molar-refractivity contribution in [3.63, 3.8) is 0 Å². The van der Waals surface area contributed by atoms with Crippen LogP contribution in [0.15, 0.2) is 72.8 Å². The quantitative estimate of drug-likeness (QED) is 0.526. The Hall–Kier alpha value is -2.49. The van der Waals surface area contributed by atoms with E-state index in [2.05, 4.69) is 5.32 Å². The first kappa shape index (κ1) is 19.3. The number of benzene rings is 3. The summed E-state index contributed by atoms with van der Waals surface area (Å²) in [5.74, 6) is 0.221. The first-order valence-corrected chi connectivity index (χ1v) is 9.30. The van der Waals surface area contributed by atoms with E-state index >= 15 is 0 Å². The zero-order valence-corrected chi connectivity index (χ0v) is 16.3. The summed E-state index contributed by atoms with van der Waals surface area (Å²) in [4.78, 5) is 12.6. The number of hydrogen-bond donors (Lipinski definition) is 1. The lowest BCUT2D eigenvalue weighted by atomic mass is 10.00. The van der Waals surface area contributed by atoms with Gasteiger partial charge in [0.05, 0.1) is 5.92 Å². The second-order valence-corrected chi connectivity index (χ2v) is 7.09. The summed E-state index contributed by atoms with van der Waals surface area (Å²) in [5, 5.41) is 3.80. The first-order valence-electron chi connectivity index (χ1n) is 8.55. The first-order chi connectivity index (χ1) is 13.0. The van der Waals surface area contributed by atoms with E-state index in [-0.39, 0.29) is 11.8 Å². The lowest BCUT2D eigenvalue weighted by molar-refractivity contribution is -0.117. The van der Waals surface area contributed by atoms with Crippen molar-refractivity contribution in [2.75, 3.05) is 5.32 Å². The van der Waals surface area contributed by atoms with Crippen LogP contribution in [0.25, 0.3) is 0 Å². The summed E-state index contributed by atoms with van der Waals surface area (Å²) in [5.41, 5.74) is 2.53. The number of amides is 1. The summed E-state index contributed by atoms with van der Waals surface area (Å²) in [6, 6.07) is 22.5. The van der Waals surface area contributed by atoms with Crippen molar-refractivity contribution in [3.05, 3.63) is 94.0 Å². The van der Waals surface area contributed by atoms with Gasteiger partial charge in [-0.15, -0.1) is 0 Å². The summed E-state index contributed by atoms with van der Waals surface area (Å²) in [6.07, 6.45) is 0. The fraction of sp³-hybridized carbons (Fsp3) is 0.136. The Bertz CT molecular complexity index is 908. The highest BCUT2D eigenvalue weighted by Gasteiger charge is 2.16. The van der Waals surface area contributed by atoms with Gasteiger partial charge < -0.3 is 10.1 Å². The molecule has 0 saturated carbocycles. The Kier molecular flexibility index (Phi) is 6.38. The maximum atomic E-state index is 12.6. The predicted octanol–water partition coefficient (Wildman–Crippen LogP) is 6.31. The van der Waals surface area contributed by atoms with Crippen LogP contribution >= 0.6 is 23.2 Å². The minimum atomic E-state index is -0.358. The normalized spacial score (nSPS) is 11.7. The van der Waals surface area contributed by atoms with E-state index in [9.17, 15) is 4.79 Å². The van der Waals surface area contributed by atoms with Crippen LogP contribution in [0, 0.1) is 0 Å². The lowest BCUT2D eigenvalue weighted by Gasteiger charge is -2.14. The minimum Gasteiger partial charge on any atom is -0.489 e. The third-order valence-corrected chi connectivity index (χ3v) is 4.57. The zero-order chi connectivity index (χ0) is 19.2. The van der Waals surface area contributed by atoms with Crippen LogP contribution in [0.2, 0.25) is 10.0 Å². The maximum Gasteiger partial charge on any atom is 0.231 e. The average Bonchev–Trinajstić information content (AvgIpc) is 2.66. The van der Waals surface area contributed by atoms with Gasteiger partial charge in [0.25, 0.3) is 0 Å². The topological polar surface area (TPSA) is 38.3 Å². The Balaban J connectivity index is 1.67. The second-order valence-electron chi connectivity index (χ2n) is 6.22. The Morgan fingerprint density at radius 2 is 1.67 bits per heavy atom. The van der Waals surface area contributed by atoms with Crippen molar-refractivity contribution >= 4 is 34.8 Å². The van der Waals surface area contributed by atoms with Crippen molar-refractivity contribution in [3.8, 4) is 5.75 Å². The van der Waals surface area contributed by atoms with Crippen LogP contribution in [0.3, 0.4) is 0 Å². The standard InChI is InChI=1S/C22H19Cl2NO2/c1-15(22(26)25-20-12-18(23)11-19(24)13-20)17-8-5-9-21(10-17)27-14-16-6-3-2-4-7-16/h2-13,15H,14H2,1H3,(H,25,26). The Morgan fingerprint density at radius 1 is 0.963 bits per heavy atom. The van der Waals surface area contributed by atoms with E-state index in [0.717, 1.165) is 16.9 Å². The SMILES string of the molecule is CC(C(=O)Nc1cc(Cl)cc(Cl)c1)c1cccc(OCc2ccccc2)c1. The summed E-state index contributed by atoms with van der Waals surface area (Å²) < 4.78 is 5.85. The highest BCUT2D eigenvalue weighted by atomic mass is 35.5. The van der Waals surface area contributed by atoms with Gasteiger partial charge in [-0.2, -0.15) is 0 Å². The van der Waals surface area contributed by atoms with Crippen LogP contribution in [0.1, 0.15) is 24.0 Å². The van der Waals surface area contributed by atoms with E-state index in [1.807, 2.05) is 61.5 Å². The second kappa shape index (κ2) is 8.94. The van der Waals surface area contributed by atoms with E-state index in [0.29, 0.717) is 22.3 Å². The molecule has 27 heavy (non-hydrogen) atoms. The van der Waals surface area contributed by atoms with Crippen LogP contribution in [-0.4, -0.2) is 5.91 Å². The van der Waals surface area contributed by atoms with Gasteiger partial charge in [0.15, 0.2) is 0 Å². The van der Waals surface area contributed by atoms with Crippen molar-refractivity contribution in [1.82, 2.24) is 0 Å². The van der Waals surface area contributed by atoms with Gasteiger partial charge in [-0.1, -0.05) is 65.7 Å². The molecule has 0 saturated heterocycles. The average molecular weight is 400 g/mol. The largest absolute Gasteiger partial charge is 0.489 e. The number of halogens is 2. The van der Waals surface area contributed by atoms with Crippen LogP contribution in [0.5, 0.6) is 5.75 Å². The lowest BCUT2D eigenvalue weighted by Crippen LogP contribution is -2.18. The summed E-state index contributed by atoms with van der Waals surface area (Å²) in [6.45, 7) is 2.32. The van der Waals surface area contributed by atoms with Crippen LogP contribution in [0.4, 0.5) is 5.69 Å². The third-order valence-electron chi connectivity index (χ3n) is 4.13. The molecule has 0 heterocycles. The number of rotatable bonds is 6. The molecule has 138 valence electrons. The monoisotopic (exact) mass is 399 g/mol. The molecule has 0 spiro atoms. The molecule has 0 bridgehead atoms. The molecule has 3 rings (SSSR count). The number of nitrogens with one attached hydrogen (secondary N) is 1. The molecule has 1 amide bonds. The fourth-order valence-corrected chi connectivity index (χ4v) is 3.17. The molecule has 3 aromatic carbocycles. The van der Waals surface area contributed by atoms with E-state index in [4.69, 9.17) is 27.9 Å². The molecule has 0 fully saturated rings. The number of carbonyl (C=O) groups excluding carboxylic acids is 1.